The molecule has 0 amide bonds. The third-order valence-corrected chi connectivity index (χ3v) is 3.88. The molecule has 2 unspecified atom stereocenters. The summed E-state index contributed by atoms with van der Waals surface area (Å²) < 4.78 is 47.6. The van der Waals surface area contributed by atoms with Gasteiger partial charge in [-0.2, -0.15) is 13.2 Å². The van der Waals surface area contributed by atoms with E-state index in [9.17, 15) is 13.2 Å². The molecule has 1 aromatic heterocycles. The monoisotopic (exact) mass is 403 g/mol. The Labute approximate surface area is 129 Å². The summed E-state index contributed by atoms with van der Waals surface area (Å²) in [6.07, 6.45) is -1.38. The summed E-state index contributed by atoms with van der Waals surface area (Å²) in [6.45, 7) is -0.555. The van der Waals surface area contributed by atoms with Crippen LogP contribution in [0.3, 0.4) is 0 Å². The van der Waals surface area contributed by atoms with E-state index in [1.54, 1.807) is 0 Å². The van der Waals surface area contributed by atoms with E-state index in [1.807, 2.05) is 12.1 Å². The Morgan fingerprint density at radius 3 is 2.80 bits per heavy atom. The van der Waals surface area contributed by atoms with Gasteiger partial charge in [0.1, 0.15) is 12.4 Å². The third-order valence-electron chi connectivity index (χ3n) is 3.30. The van der Waals surface area contributed by atoms with Gasteiger partial charge >= 0.3 is 6.18 Å². The topological polar surface area (TPSA) is 34.4 Å². The molecular weight excluding hydrogens is 386 g/mol. The average Bonchev–Trinajstić information content (AvgIpc) is 2.80. The molecule has 0 spiro atoms. The first-order valence-electron chi connectivity index (χ1n) is 6.58. The summed E-state index contributed by atoms with van der Waals surface area (Å²) in [5.74, 6) is 0.840. The second kappa shape index (κ2) is 7.13. The van der Waals surface area contributed by atoms with Crippen molar-refractivity contribution in [3.8, 4) is 0 Å². The first kappa shape index (κ1) is 16.1. The van der Waals surface area contributed by atoms with E-state index in [-0.39, 0.29) is 12.1 Å². The summed E-state index contributed by atoms with van der Waals surface area (Å²) in [5.41, 5.74) is 0. The highest BCUT2D eigenvalue weighted by Crippen LogP contribution is 2.24. The first-order valence-corrected chi connectivity index (χ1v) is 7.66. The molecule has 3 nitrogen and oxygen atoms in total. The third kappa shape index (κ3) is 5.61. The molecule has 1 aliphatic rings. The summed E-state index contributed by atoms with van der Waals surface area (Å²) >= 11 is 2.10. The Hall–Kier alpha value is -0.280. The summed E-state index contributed by atoms with van der Waals surface area (Å²) in [5, 5.41) is 3.32. The highest BCUT2D eigenvalue weighted by atomic mass is 127. The van der Waals surface area contributed by atoms with Crippen LogP contribution in [0.1, 0.15) is 31.4 Å². The van der Waals surface area contributed by atoms with Crippen molar-refractivity contribution in [2.24, 2.45) is 0 Å². The second-order valence-corrected chi connectivity index (χ2v) is 6.06. The molecule has 1 saturated carbocycles. The fourth-order valence-corrected chi connectivity index (χ4v) is 2.85. The molecule has 2 atom stereocenters. The van der Waals surface area contributed by atoms with Crippen LogP contribution in [0.5, 0.6) is 0 Å². The quantitative estimate of drug-likeness (QED) is 0.759. The second-order valence-electron chi connectivity index (χ2n) is 5.00. The van der Waals surface area contributed by atoms with Gasteiger partial charge in [-0.05, 0) is 60.4 Å². The predicted molar refractivity (Wildman–Crippen MR) is 76.3 cm³/mol. The van der Waals surface area contributed by atoms with Crippen LogP contribution in [0.2, 0.25) is 0 Å². The lowest BCUT2D eigenvalue weighted by Crippen LogP contribution is -2.37. The van der Waals surface area contributed by atoms with Crippen LogP contribution in [0.25, 0.3) is 0 Å². The Kier molecular flexibility index (Phi) is 5.74. The molecular formula is C13H17F3INO2. The fourth-order valence-electron chi connectivity index (χ4n) is 2.39. The maximum absolute atomic E-state index is 12.1. The predicted octanol–water partition coefficient (Wildman–Crippen LogP) is 3.86. The molecule has 0 aromatic carbocycles. The van der Waals surface area contributed by atoms with Crippen molar-refractivity contribution in [2.75, 3.05) is 6.61 Å². The Bertz CT molecular complexity index is 422. The minimum atomic E-state index is -4.24. The molecule has 7 heteroatoms. The van der Waals surface area contributed by atoms with Gasteiger partial charge in [0.05, 0.1) is 12.6 Å². The number of ether oxygens (including phenoxy) is 1. The fraction of sp³-hybridized carbons (Fsp3) is 0.692. The van der Waals surface area contributed by atoms with Crippen molar-refractivity contribution in [3.05, 3.63) is 21.7 Å². The van der Waals surface area contributed by atoms with Crippen molar-refractivity contribution in [1.29, 1.82) is 0 Å². The van der Waals surface area contributed by atoms with Crippen molar-refractivity contribution < 1.29 is 22.3 Å². The van der Waals surface area contributed by atoms with Gasteiger partial charge in [0, 0.05) is 6.04 Å². The highest BCUT2D eigenvalue weighted by molar-refractivity contribution is 14.1. The zero-order valence-electron chi connectivity index (χ0n) is 10.9. The van der Waals surface area contributed by atoms with Crippen LogP contribution < -0.4 is 5.32 Å². The van der Waals surface area contributed by atoms with E-state index in [0.717, 1.165) is 22.4 Å². The molecule has 2 rings (SSSR count). The number of alkyl halides is 3. The Balaban J connectivity index is 1.73. The zero-order valence-corrected chi connectivity index (χ0v) is 13.0. The zero-order chi connectivity index (χ0) is 14.6. The Morgan fingerprint density at radius 2 is 2.15 bits per heavy atom. The minimum absolute atomic E-state index is 0.185. The maximum atomic E-state index is 12.1. The minimum Gasteiger partial charge on any atom is -0.454 e. The van der Waals surface area contributed by atoms with E-state index in [0.29, 0.717) is 19.4 Å². The van der Waals surface area contributed by atoms with Crippen molar-refractivity contribution in [1.82, 2.24) is 5.32 Å². The Morgan fingerprint density at radius 1 is 1.35 bits per heavy atom. The number of nitrogens with one attached hydrogen (secondary N) is 1. The smallest absolute Gasteiger partial charge is 0.411 e. The molecule has 0 bridgehead atoms. The lowest BCUT2D eigenvalue weighted by Gasteiger charge is -2.30. The van der Waals surface area contributed by atoms with Gasteiger partial charge in [-0.1, -0.05) is 0 Å². The SMILES string of the molecule is FC(F)(F)COC1CCCC(NCc2ccc(I)o2)C1. The van der Waals surface area contributed by atoms with Gasteiger partial charge in [-0.15, -0.1) is 0 Å². The van der Waals surface area contributed by atoms with E-state index in [2.05, 4.69) is 27.9 Å². The van der Waals surface area contributed by atoms with Crippen LogP contribution >= 0.6 is 22.6 Å². The maximum Gasteiger partial charge on any atom is 0.411 e. The van der Waals surface area contributed by atoms with Crippen molar-refractivity contribution in [2.45, 2.75) is 50.6 Å². The molecule has 0 saturated heterocycles. The van der Waals surface area contributed by atoms with Crippen LogP contribution in [-0.4, -0.2) is 24.9 Å². The van der Waals surface area contributed by atoms with E-state index < -0.39 is 12.8 Å². The first-order chi connectivity index (χ1) is 9.42. The molecule has 1 N–H and O–H groups in total. The van der Waals surface area contributed by atoms with Gasteiger partial charge in [0.2, 0.25) is 0 Å². The normalized spacial score (nSPS) is 24.0. The van der Waals surface area contributed by atoms with E-state index in [1.165, 1.54) is 0 Å². The number of hydrogen-bond donors (Lipinski definition) is 1. The lowest BCUT2D eigenvalue weighted by atomic mass is 9.93. The molecule has 1 aromatic rings. The molecule has 1 heterocycles. The summed E-state index contributed by atoms with van der Waals surface area (Å²) in [6, 6.07) is 3.97. The van der Waals surface area contributed by atoms with E-state index >= 15 is 0 Å². The van der Waals surface area contributed by atoms with Crippen LogP contribution in [0, 0.1) is 3.77 Å². The molecule has 20 heavy (non-hydrogen) atoms. The standard InChI is InChI=1S/C13H17F3INO2/c14-13(15,16)8-19-10-3-1-2-9(6-10)18-7-11-4-5-12(17)20-11/h4-5,9-10,18H,1-3,6-8H2. The van der Waals surface area contributed by atoms with Gasteiger partial charge in [0.15, 0.2) is 3.77 Å². The van der Waals surface area contributed by atoms with Crippen LogP contribution in [-0.2, 0) is 11.3 Å². The van der Waals surface area contributed by atoms with Gasteiger partial charge < -0.3 is 14.5 Å². The summed E-state index contributed by atoms with van der Waals surface area (Å²) in [7, 11) is 0. The average molecular weight is 403 g/mol. The summed E-state index contributed by atoms with van der Waals surface area (Å²) in [4.78, 5) is 0. The number of rotatable bonds is 5. The largest absolute Gasteiger partial charge is 0.454 e. The number of furan rings is 1. The molecule has 114 valence electrons. The molecule has 0 radical (unpaired) electrons. The van der Waals surface area contributed by atoms with Gasteiger partial charge in [-0.25, -0.2) is 0 Å². The lowest BCUT2D eigenvalue weighted by molar-refractivity contribution is -0.188. The van der Waals surface area contributed by atoms with Gasteiger partial charge in [-0.3, -0.25) is 0 Å². The van der Waals surface area contributed by atoms with Crippen molar-refractivity contribution >= 4 is 22.6 Å². The van der Waals surface area contributed by atoms with Crippen LogP contribution in [0.15, 0.2) is 16.5 Å². The molecule has 1 aliphatic carbocycles. The van der Waals surface area contributed by atoms with E-state index in [4.69, 9.17) is 9.15 Å². The van der Waals surface area contributed by atoms with Gasteiger partial charge in [0.25, 0.3) is 0 Å². The highest BCUT2D eigenvalue weighted by Gasteiger charge is 2.31. The number of halogens is 4. The van der Waals surface area contributed by atoms with Crippen molar-refractivity contribution in [3.63, 3.8) is 0 Å². The van der Waals surface area contributed by atoms with Crippen LogP contribution in [0.4, 0.5) is 13.2 Å². The molecule has 1 fully saturated rings. The number of hydrogen-bond acceptors (Lipinski definition) is 3. The molecule has 0 aliphatic heterocycles.